The molecule has 0 radical (unpaired) electrons. The molecule has 1 fully saturated rings. The number of nitrogens with one attached hydrogen (secondary N) is 1. The molecule has 1 N–H and O–H groups in total. The highest BCUT2D eigenvalue weighted by molar-refractivity contribution is 5.94. The molecule has 3 rings (SSSR count). The molecule has 25 heavy (non-hydrogen) atoms. The monoisotopic (exact) mass is 341 g/mol. The normalized spacial score (nSPS) is 14.4. The van der Waals surface area contributed by atoms with Crippen LogP contribution in [0.3, 0.4) is 0 Å². The number of hydrogen-bond acceptors (Lipinski definition) is 3. The number of aromatic amines is 1. The molecule has 0 bridgehead atoms. The Morgan fingerprint density at radius 3 is 2.32 bits per heavy atom. The van der Waals surface area contributed by atoms with Gasteiger partial charge < -0.3 is 19.5 Å². The highest BCUT2D eigenvalue weighted by atomic mass is 16.5. The number of piperazine rings is 1. The summed E-state index contributed by atoms with van der Waals surface area (Å²) in [5.41, 5.74) is 1.63. The van der Waals surface area contributed by atoms with E-state index in [1.807, 2.05) is 36.1 Å². The third-order valence-electron chi connectivity index (χ3n) is 4.35. The zero-order valence-corrected chi connectivity index (χ0v) is 14.4. The van der Waals surface area contributed by atoms with Crippen molar-refractivity contribution < 1.29 is 14.3 Å². The van der Waals surface area contributed by atoms with Gasteiger partial charge in [0.15, 0.2) is 0 Å². The van der Waals surface area contributed by atoms with Gasteiger partial charge in [0, 0.05) is 38.6 Å². The van der Waals surface area contributed by atoms with Crippen molar-refractivity contribution in [2.45, 2.75) is 13.3 Å². The van der Waals surface area contributed by atoms with Gasteiger partial charge in [0.05, 0.1) is 18.6 Å². The minimum atomic E-state index is 0.0138. The van der Waals surface area contributed by atoms with Gasteiger partial charge in [0.2, 0.25) is 5.91 Å². The van der Waals surface area contributed by atoms with E-state index in [2.05, 4.69) is 4.98 Å². The van der Waals surface area contributed by atoms with Crippen LogP contribution in [0, 0.1) is 0 Å². The van der Waals surface area contributed by atoms with Gasteiger partial charge in [0.25, 0.3) is 5.91 Å². The van der Waals surface area contributed by atoms with Crippen molar-refractivity contribution in [2.24, 2.45) is 0 Å². The number of benzene rings is 1. The van der Waals surface area contributed by atoms with Crippen molar-refractivity contribution in [2.75, 3.05) is 32.8 Å². The molecule has 2 aromatic rings. The van der Waals surface area contributed by atoms with Crippen LogP contribution in [0.4, 0.5) is 0 Å². The van der Waals surface area contributed by atoms with Gasteiger partial charge in [0.1, 0.15) is 5.75 Å². The van der Waals surface area contributed by atoms with Crippen molar-refractivity contribution in [3.63, 3.8) is 0 Å². The fourth-order valence-electron chi connectivity index (χ4n) is 2.96. The number of amides is 2. The van der Waals surface area contributed by atoms with Gasteiger partial charge in [-0.25, -0.2) is 0 Å². The van der Waals surface area contributed by atoms with E-state index in [9.17, 15) is 9.59 Å². The molecule has 1 saturated heterocycles. The first kappa shape index (κ1) is 17.1. The zero-order chi connectivity index (χ0) is 17.6. The average Bonchev–Trinajstić information content (AvgIpc) is 3.18. The molecule has 0 atom stereocenters. The standard InChI is InChI=1S/C19H23N3O3/c1-2-25-17-5-3-15(4-6-17)13-18(23)21-9-11-22(12-10-21)19(24)16-7-8-20-14-16/h3-8,14,20H,2,9-13H2,1H3. The highest BCUT2D eigenvalue weighted by Gasteiger charge is 2.24. The van der Waals surface area contributed by atoms with Crippen LogP contribution in [0.2, 0.25) is 0 Å². The molecule has 1 aliphatic rings. The summed E-state index contributed by atoms with van der Waals surface area (Å²) >= 11 is 0. The molecule has 2 amide bonds. The van der Waals surface area contributed by atoms with Crippen molar-refractivity contribution in [3.05, 3.63) is 53.9 Å². The molecule has 0 spiro atoms. The minimum absolute atomic E-state index is 0.0138. The Bertz CT molecular complexity index is 702. The maximum Gasteiger partial charge on any atom is 0.255 e. The van der Waals surface area contributed by atoms with Crippen molar-refractivity contribution in [3.8, 4) is 5.75 Å². The first-order valence-electron chi connectivity index (χ1n) is 8.59. The number of carbonyl (C=O) groups excluding carboxylic acids is 2. The molecule has 0 aliphatic carbocycles. The lowest BCUT2D eigenvalue weighted by molar-refractivity contribution is -0.131. The van der Waals surface area contributed by atoms with Crippen LogP contribution in [-0.4, -0.2) is 59.4 Å². The summed E-state index contributed by atoms with van der Waals surface area (Å²) in [5.74, 6) is 0.924. The first-order valence-corrected chi connectivity index (χ1v) is 8.59. The number of aromatic nitrogens is 1. The van der Waals surface area contributed by atoms with Gasteiger partial charge in [-0.2, -0.15) is 0 Å². The predicted octanol–water partition coefficient (Wildman–Crippen LogP) is 1.94. The van der Waals surface area contributed by atoms with Crippen LogP contribution >= 0.6 is 0 Å². The second-order valence-electron chi connectivity index (χ2n) is 6.03. The third kappa shape index (κ3) is 4.21. The molecule has 6 heteroatoms. The largest absolute Gasteiger partial charge is 0.494 e. The predicted molar refractivity (Wildman–Crippen MR) is 94.6 cm³/mol. The highest BCUT2D eigenvalue weighted by Crippen LogP contribution is 2.14. The topological polar surface area (TPSA) is 65.6 Å². The number of carbonyl (C=O) groups is 2. The molecule has 6 nitrogen and oxygen atoms in total. The van der Waals surface area contributed by atoms with E-state index < -0.39 is 0 Å². The minimum Gasteiger partial charge on any atom is -0.494 e. The fourth-order valence-corrected chi connectivity index (χ4v) is 2.96. The Hall–Kier alpha value is -2.76. The fraction of sp³-hybridized carbons (Fsp3) is 0.368. The number of nitrogens with zero attached hydrogens (tertiary/aromatic N) is 2. The summed E-state index contributed by atoms with van der Waals surface area (Å²) in [4.78, 5) is 31.3. The van der Waals surface area contributed by atoms with Gasteiger partial charge >= 0.3 is 0 Å². The van der Waals surface area contributed by atoms with E-state index in [-0.39, 0.29) is 11.8 Å². The lowest BCUT2D eigenvalue weighted by Gasteiger charge is -2.34. The second kappa shape index (κ2) is 7.88. The van der Waals surface area contributed by atoms with E-state index in [1.54, 1.807) is 23.4 Å². The third-order valence-corrected chi connectivity index (χ3v) is 4.35. The molecular formula is C19H23N3O3. The second-order valence-corrected chi connectivity index (χ2v) is 6.03. The van der Waals surface area contributed by atoms with Crippen molar-refractivity contribution in [1.82, 2.24) is 14.8 Å². The average molecular weight is 341 g/mol. The Morgan fingerprint density at radius 1 is 1.04 bits per heavy atom. The van der Waals surface area contributed by atoms with Crippen molar-refractivity contribution in [1.29, 1.82) is 0 Å². The van der Waals surface area contributed by atoms with Gasteiger partial charge in [-0.3, -0.25) is 9.59 Å². The number of hydrogen-bond donors (Lipinski definition) is 1. The summed E-state index contributed by atoms with van der Waals surface area (Å²) in [6.45, 7) is 4.86. The molecule has 132 valence electrons. The van der Waals surface area contributed by atoms with Crippen LogP contribution in [0.1, 0.15) is 22.8 Å². The van der Waals surface area contributed by atoms with Crippen LogP contribution in [0.25, 0.3) is 0 Å². The maximum absolute atomic E-state index is 12.5. The molecule has 2 heterocycles. The smallest absolute Gasteiger partial charge is 0.255 e. The number of H-pyrrole nitrogens is 1. The SMILES string of the molecule is CCOc1ccc(CC(=O)N2CCN(C(=O)c3cc[nH]c3)CC2)cc1. The summed E-state index contributed by atoms with van der Waals surface area (Å²) in [7, 11) is 0. The molecule has 1 aliphatic heterocycles. The molecule has 0 saturated carbocycles. The summed E-state index contributed by atoms with van der Waals surface area (Å²) < 4.78 is 5.41. The Balaban J connectivity index is 1.50. The van der Waals surface area contributed by atoms with E-state index in [4.69, 9.17) is 4.74 Å². The van der Waals surface area contributed by atoms with Crippen molar-refractivity contribution >= 4 is 11.8 Å². The lowest BCUT2D eigenvalue weighted by Crippen LogP contribution is -2.50. The van der Waals surface area contributed by atoms with E-state index in [1.165, 1.54) is 0 Å². The quantitative estimate of drug-likeness (QED) is 0.904. The first-order chi connectivity index (χ1) is 12.2. The molecule has 1 aromatic carbocycles. The molecule has 0 unspecified atom stereocenters. The Kier molecular flexibility index (Phi) is 5.38. The number of rotatable bonds is 5. The van der Waals surface area contributed by atoms with Gasteiger partial charge in [-0.15, -0.1) is 0 Å². The van der Waals surface area contributed by atoms with Gasteiger partial charge in [-0.1, -0.05) is 12.1 Å². The summed E-state index contributed by atoms with van der Waals surface area (Å²) in [6, 6.07) is 9.40. The van der Waals surface area contributed by atoms with Crippen LogP contribution < -0.4 is 4.74 Å². The molecule has 1 aromatic heterocycles. The number of ether oxygens (including phenoxy) is 1. The van der Waals surface area contributed by atoms with E-state index >= 15 is 0 Å². The summed E-state index contributed by atoms with van der Waals surface area (Å²) in [6.07, 6.45) is 3.81. The zero-order valence-electron chi connectivity index (χ0n) is 14.4. The van der Waals surface area contributed by atoms with Crippen LogP contribution in [-0.2, 0) is 11.2 Å². The van der Waals surface area contributed by atoms with Gasteiger partial charge in [-0.05, 0) is 30.7 Å². The molecular weight excluding hydrogens is 318 g/mol. The van der Waals surface area contributed by atoms with Crippen LogP contribution in [0.5, 0.6) is 5.75 Å². The lowest BCUT2D eigenvalue weighted by atomic mass is 10.1. The van der Waals surface area contributed by atoms with Crippen LogP contribution in [0.15, 0.2) is 42.7 Å². The summed E-state index contributed by atoms with van der Waals surface area (Å²) in [5, 5.41) is 0. The van der Waals surface area contributed by atoms with E-state index in [0.29, 0.717) is 44.8 Å². The Morgan fingerprint density at radius 2 is 1.72 bits per heavy atom. The maximum atomic E-state index is 12.5. The Labute approximate surface area is 147 Å². The van der Waals surface area contributed by atoms with E-state index in [0.717, 1.165) is 11.3 Å².